The molecule has 0 radical (unpaired) electrons. The maximum atomic E-state index is 6.29. The van der Waals surface area contributed by atoms with Gasteiger partial charge in [-0.05, 0) is 68.3 Å². The smallest absolute Gasteiger partial charge is 0.399 e. The standard InChI is InChI=1S/C23H27BO2/c1-21(2)22(3,4)26-24(25-21)16-11-12-20-18(15-16)17-9-5-6-10-19(17)23(20)13-7-8-14-23/h5-6,9-12,15H,7-8,13-14H2,1-4H3. The highest BCUT2D eigenvalue weighted by atomic mass is 16.7. The molecule has 0 N–H and O–H groups in total. The van der Waals surface area contributed by atoms with Crippen LogP contribution in [0.25, 0.3) is 11.1 Å². The van der Waals surface area contributed by atoms with Crippen molar-refractivity contribution in [2.75, 3.05) is 0 Å². The molecular formula is C23H27BO2. The molecule has 1 heterocycles. The summed E-state index contributed by atoms with van der Waals surface area (Å²) in [7, 11) is -0.294. The number of hydrogen-bond acceptors (Lipinski definition) is 2. The first-order chi connectivity index (χ1) is 12.3. The normalized spacial score (nSPS) is 24.1. The second-order valence-corrected chi connectivity index (χ2v) is 9.23. The van der Waals surface area contributed by atoms with Gasteiger partial charge < -0.3 is 9.31 Å². The molecule has 0 amide bonds. The van der Waals surface area contributed by atoms with E-state index in [0.29, 0.717) is 0 Å². The van der Waals surface area contributed by atoms with Crippen LogP contribution in [0, 0.1) is 0 Å². The third-order valence-electron chi connectivity index (χ3n) is 7.27. The van der Waals surface area contributed by atoms with Gasteiger partial charge in [-0.15, -0.1) is 0 Å². The van der Waals surface area contributed by atoms with Gasteiger partial charge in [0.1, 0.15) is 0 Å². The number of benzene rings is 2. The van der Waals surface area contributed by atoms with Crippen LogP contribution in [0.4, 0.5) is 0 Å². The number of rotatable bonds is 1. The lowest BCUT2D eigenvalue weighted by Gasteiger charge is -2.32. The van der Waals surface area contributed by atoms with Crippen LogP contribution >= 0.6 is 0 Å². The third kappa shape index (κ3) is 2.08. The summed E-state index contributed by atoms with van der Waals surface area (Å²) in [5, 5.41) is 0. The largest absolute Gasteiger partial charge is 0.494 e. The fourth-order valence-electron chi connectivity index (χ4n) is 5.13. The van der Waals surface area contributed by atoms with E-state index in [4.69, 9.17) is 9.31 Å². The topological polar surface area (TPSA) is 18.5 Å². The van der Waals surface area contributed by atoms with E-state index in [1.54, 1.807) is 0 Å². The minimum Gasteiger partial charge on any atom is -0.399 e. The van der Waals surface area contributed by atoms with Crippen LogP contribution in [0.1, 0.15) is 64.5 Å². The van der Waals surface area contributed by atoms with E-state index < -0.39 is 0 Å². The molecule has 0 unspecified atom stereocenters. The van der Waals surface area contributed by atoms with Crippen LogP contribution in [0.2, 0.25) is 0 Å². The van der Waals surface area contributed by atoms with E-state index >= 15 is 0 Å². The summed E-state index contributed by atoms with van der Waals surface area (Å²) < 4.78 is 12.6. The molecule has 26 heavy (non-hydrogen) atoms. The van der Waals surface area contributed by atoms with E-state index in [0.717, 1.165) is 5.46 Å². The summed E-state index contributed by atoms with van der Waals surface area (Å²) in [6, 6.07) is 15.9. The second kappa shape index (κ2) is 5.24. The van der Waals surface area contributed by atoms with Gasteiger partial charge in [0.05, 0.1) is 11.2 Å². The maximum absolute atomic E-state index is 6.29. The Morgan fingerprint density at radius 2 is 1.38 bits per heavy atom. The zero-order valence-corrected chi connectivity index (χ0v) is 16.3. The molecule has 0 atom stereocenters. The van der Waals surface area contributed by atoms with Crippen molar-refractivity contribution >= 4 is 12.6 Å². The van der Waals surface area contributed by atoms with Crippen LogP contribution in [0.5, 0.6) is 0 Å². The van der Waals surface area contributed by atoms with Crippen LogP contribution in [0.15, 0.2) is 42.5 Å². The van der Waals surface area contributed by atoms with Gasteiger partial charge in [-0.2, -0.15) is 0 Å². The van der Waals surface area contributed by atoms with Crippen molar-refractivity contribution in [3.05, 3.63) is 53.6 Å². The van der Waals surface area contributed by atoms with Crippen LogP contribution in [0.3, 0.4) is 0 Å². The monoisotopic (exact) mass is 346 g/mol. The van der Waals surface area contributed by atoms with Gasteiger partial charge in [0, 0.05) is 5.41 Å². The minimum absolute atomic E-state index is 0.236. The summed E-state index contributed by atoms with van der Waals surface area (Å²) in [4.78, 5) is 0. The molecule has 2 fully saturated rings. The predicted molar refractivity (Wildman–Crippen MR) is 107 cm³/mol. The van der Waals surface area contributed by atoms with Gasteiger partial charge in [0.25, 0.3) is 0 Å². The molecule has 2 aromatic carbocycles. The summed E-state index contributed by atoms with van der Waals surface area (Å²) in [6.45, 7) is 8.46. The van der Waals surface area contributed by atoms with Crippen molar-refractivity contribution in [1.29, 1.82) is 0 Å². The molecule has 0 bridgehead atoms. The van der Waals surface area contributed by atoms with E-state index in [1.165, 1.54) is 47.9 Å². The zero-order chi connectivity index (χ0) is 18.2. The van der Waals surface area contributed by atoms with Crippen molar-refractivity contribution in [2.24, 2.45) is 0 Å². The summed E-state index contributed by atoms with van der Waals surface area (Å²) >= 11 is 0. The van der Waals surface area contributed by atoms with Gasteiger partial charge in [-0.3, -0.25) is 0 Å². The highest BCUT2D eigenvalue weighted by molar-refractivity contribution is 6.62. The molecule has 2 aromatic rings. The summed E-state index contributed by atoms with van der Waals surface area (Å²) in [6.07, 6.45) is 5.19. The molecule has 1 saturated carbocycles. The lowest BCUT2D eigenvalue weighted by atomic mass is 9.74. The van der Waals surface area contributed by atoms with Gasteiger partial charge in [-0.25, -0.2) is 0 Å². The molecule has 2 aliphatic carbocycles. The van der Waals surface area contributed by atoms with Gasteiger partial charge in [0.15, 0.2) is 0 Å². The SMILES string of the molecule is CC1(C)OB(c2ccc3c(c2)-c2ccccc2C32CCCC2)OC1(C)C. The van der Waals surface area contributed by atoms with Gasteiger partial charge >= 0.3 is 7.12 Å². The van der Waals surface area contributed by atoms with Crippen LogP contribution in [-0.4, -0.2) is 18.3 Å². The van der Waals surface area contributed by atoms with Crippen molar-refractivity contribution in [2.45, 2.75) is 70.0 Å². The molecule has 1 saturated heterocycles. The van der Waals surface area contributed by atoms with Crippen LogP contribution in [-0.2, 0) is 14.7 Å². The van der Waals surface area contributed by atoms with Crippen molar-refractivity contribution in [3.8, 4) is 11.1 Å². The fraction of sp³-hybridized carbons (Fsp3) is 0.478. The molecule has 3 aliphatic rings. The second-order valence-electron chi connectivity index (χ2n) is 9.23. The van der Waals surface area contributed by atoms with Crippen molar-refractivity contribution in [1.82, 2.24) is 0 Å². The molecule has 5 rings (SSSR count). The molecule has 2 nitrogen and oxygen atoms in total. The Morgan fingerprint density at radius 3 is 2.08 bits per heavy atom. The molecule has 3 heteroatoms. The lowest BCUT2D eigenvalue weighted by molar-refractivity contribution is 0.00578. The quantitative estimate of drug-likeness (QED) is 0.689. The Morgan fingerprint density at radius 1 is 0.769 bits per heavy atom. The van der Waals surface area contributed by atoms with Gasteiger partial charge in [-0.1, -0.05) is 55.3 Å². The Kier molecular flexibility index (Phi) is 3.34. The molecular weight excluding hydrogens is 319 g/mol. The first-order valence-corrected chi connectivity index (χ1v) is 9.94. The predicted octanol–water partition coefficient (Wildman–Crippen LogP) is 4.83. The van der Waals surface area contributed by atoms with Gasteiger partial charge in [0.2, 0.25) is 0 Å². The van der Waals surface area contributed by atoms with Crippen molar-refractivity contribution in [3.63, 3.8) is 0 Å². The number of fused-ring (bicyclic) bond motifs is 5. The maximum Gasteiger partial charge on any atom is 0.494 e. The van der Waals surface area contributed by atoms with E-state index in [-0.39, 0.29) is 23.7 Å². The molecule has 1 aliphatic heterocycles. The highest BCUT2D eigenvalue weighted by Gasteiger charge is 2.52. The highest BCUT2D eigenvalue weighted by Crippen LogP contribution is 2.56. The fourth-order valence-corrected chi connectivity index (χ4v) is 5.13. The zero-order valence-electron chi connectivity index (χ0n) is 16.3. The first kappa shape index (κ1) is 16.6. The Balaban J connectivity index is 1.62. The average molecular weight is 346 g/mol. The Bertz CT molecular complexity index is 862. The summed E-state index contributed by atoms with van der Waals surface area (Å²) in [5.74, 6) is 0. The molecule has 134 valence electrons. The Hall–Kier alpha value is -1.58. The minimum atomic E-state index is -0.304. The van der Waals surface area contributed by atoms with E-state index in [2.05, 4.69) is 70.2 Å². The number of hydrogen-bond donors (Lipinski definition) is 0. The van der Waals surface area contributed by atoms with Crippen LogP contribution < -0.4 is 5.46 Å². The van der Waals surface area contributed by atoms with E-state index in [9.17, 15) is 0 Å². The Labute approximate surface area is 157 Å². The average Bonchev–Trinajstić information content (AvgIpc) is 3.25. The lowest BCUT2D eigenvalue weighted by Crippen LogP contribution is -2.41. The molecule has 1 spiro atoms. The molecule has 0 aromatic heterocycles. The first-order valence-electron chi connectivity index (χ1n) is 9.94. The van der Waals surface area contributed by atoms with E-state index in [1.807, 2.05) is 0 Å². The van der Waals surface area contributed by atoms with Crippen molar-refractivity contribution < 1.29 is 9.31 Å². The summed E-state index contributed by atoms with van der Waals surface area (Å²) in [5.41, 5.74) is 6.59. The third-order valence-corrected chi connectivity index (χ3v) is 7.27.